The number of hydrogen-bond donors (Lipinski definition) is 0. The number of aromatic nitrogens is 2. The molecule has 1 fully saturated rings. The lowest BCUT2D eigenvalue weighted by Gasteiger charge is -2.26. The molecule has 0 spiro atoms. The molecule has 0 aromatic carbocycles. The van der Waals surface area contributed by atoms with E-state index in [4.69, 9.17) is 4.74 Å². The van der Waals surface area contributed by atoms with Gasteiger partial charge >= 0.3 is 0 Å². The smallest absolute Gasteiger partial charge is 0.233 e. The van der Waals surface area contributed by atoms with Crippen LogP contribution in [0.15, 0.2) is 22.8 Å². The third-order valence-corrected chi connectivity index (χ3v) is 4.73. The molecule has 1 saturated heterocycles. The summed E-state index contributed by atoms with van der Waals surface area (Å²) >= 11 is 3.07. The van der Waals surface area contributed by atoms with Gasteiger partial charge in [0.25, 0.3) is 0 Å². The molecule has 0 N–H and O–H groups in total. The maximum Gasteiger partial charge on any atom is 0.233 e. The van der Waals surface area contributed by atoms with Crippen LogP contribution in [-0.2, 0) is 9.53 Å². The molecule has 0 bridgehead atoms. The van der Waals surface area contributed by atoms with Crippen LogP contribution in [0.1, 0.15) is 0 Å². The number of morpholine rings is 1. The highest BCUT2D eigenvalue weighted by Crippen LogP contribution is 2.27. The van der Waals surface area contributed by atoms with Crippen LogP contribution in [0.3, 0.4) is 0 Å². The standard InChI is InChI=1S/C12H13N3O2S2/c16-10(15-2-4-17-5-3-15)7-19-12-9-1-6-18-11(9)13-8-14-12/h1,6,8H,2-5,7H2. The number of thiophene rings is 1. The predicted octanol–water partition coefficient (Wildman–Crippen LogP) is 1.64. The van der Waals surface area contributed by atoms with E-state index in [1.807, 2.05) is 16.3 Å². The average molecular weight is 295 g/mol. The number of amides is 1. The first-order valence-electron chi connectivity index (χ1n) is 6.01. The van der Waals surface area contributed by atoms with E-state index in [2.05, 4.69) is 9.97 Å². The molecular formula is C12H13N3O2S2. The molecule has 3 rings (SSSR count). The second kappa shape index (κ2) is 5.85. The third-order valence-electron chi connectivity index (χ3n) is 2.92. The van der Waals surface area contributed by atoms with Crippen LogP contribution in [-0.4, -0.2) is 52.8 Å². The lowest BCUT2D eigenvalue weighted by Crippen LogP contribution is -2.41. The summed E-state index contributed by atoms with van der Waals surface area (Å²) < 4.78 is 5.24. The van der Waals surface area contributed by atoms with Gasteiger partial charge in [0.2, 0.25) is 5.91 Å². The number of rotatable bonds is 3. The predicted molar refractivity (Wildman–Crippen MR) is 75.5 cm³/mol. The van der Waals surface area contributed by atoms with Gasteiger partial charge in [-0.25, -0.2) is 9.97 Å². The molecule has 0 radical (unpaired) electrons. The summed E-state index contributed by atoms with van der Waals surface area (Å²) in [6, 6.07) is 2.00. The normalized spacial score (nSPS) is 15.9. The molecule has 0 unspecified atom stereocenters. The largest absolute Gasteiger partial charge is 0.378 e. The zero-order valence-corrected chi connectivity index (χ0v) is 11.9. The van der Waals surface area contributed by atoms with Crippen molar-refractivity contribution in [3.8, 4) is 0 Å². The van der Waals surface area contributed by atoms with Gasteiger partial charge in [-0.15, -0.1) is 11.3 Å². The van der Waals surface area contributed by atoms with E-state index in [-0.39, 0.29) is 5.91 Å². The monoisotopic (exact) mass is 295 g/mol. The van der Waals surface area contributed by atoms with Crippen LogP contribution in [0.4, 0.5) is 0 Å². The van der Waals surface area contributed by atoms with E-state index in [0.717, 1.165) is 15.2 Å². The van der Waals surface area contributed by atoms with Crippen LogP contribution < -0.4 is 0 Å². The van der Waals surface area contributed by atoms with Crippen LogP contribution in [0, 0.1) is 0 Å². The molecule has 2 aromatic rings. The van der Waals surface area contributed by atoms with Gasteiger partial charge in [0.05, 0.1) is 19.0 Å². The third kappa shape index (κ3) is 2.88. The summed E-state index contributed by atoms with van der Waals surface area (Å²) in [6.07, 6.45) is 1.56. The molecule has 1 amide bonds. The molecule has 7 heteroatoms. The van der Waals surface area contributed by atoms with E-state index in [9.17, 15) is 4.79 Å². The van der Waals surface area contributed by atoms with Crippen molar-refractivity contribution in [1.82, 2.24) is 14.9 Å². The summed E-state index contributed by atoms with van der Waals surface area (Å²) in [5.41, 5.74) is 0. The Hall–Kier alpha value is -1.18. The molecule has 2 aromatic heterocycles. The Morgan fingerprint density at radius 1 is 1.42 bits per heavy atom. The van der Waals surface area contributed by atoms with Crippen LogP contribution in [0.25, 0.3) is 10.2 Å². The number of nitrogens with zero attached hydrogens (tertiary/aromatic N) is 3. The quantitative estimate of drug-likeness (QED) is 0.636. The van der Waals surface area contributed by atoms with Gasteiger partial charge in [-0.2, -0.15) is 0 Å². The Morgan fingerprint density at radius 3 is 3.11 bits per heavy atom. The zero-order valence-electron chi connectivity index (χ0n) is 10.2. The van der Waals surface area contributed by atoms with E-state index in [1.54, 1.807) is 17.7 Å². The van der Waals surface area contributed by atoms with E-state index < -0.39 is 0 Å². The van der Waals surface area contributed by atoms with Gasteiger partial charge in [-0.3, -0.25) is 4.79 Å². The van der Waals surface area contributed by atoms with Gasteiger partial charge < -0.3 is 9.64 Å². The molecule has 5 nitrogen and oxygen atoms in total. The fourth-order valence-corrected chi connectivity index (χ4v) is 3.60. The van der Waals surface area contributed by atoms with Gasteiger partial charge in [0, 0.05) is 18.5 Å². The molecule has 19 heavy (non-hydrogen) atoms. The molecular weight excluding hydrogens is 282 g/mol. The van der Waals surface area contributed by atoms with Crippen molar-refractivity contribution >= 4 is 39.2 Å². The molecule has 0 atom stereocenters. The molecule has 1 aliphatic rings. The highest BCUT2D eigenvalue weighted by Gasteiger charge is 2.17. The summed E-state index contributed by atoms with van der Waals surface area (Å²) in [5, 5.41) is 3.91. The molecule has 0 saturated carbocycles. The Bertz CT molecular complexity index is 581. The molecule has 1 aliphatic heterocycles. The van der Waals surface area contributed by atoms with Crippen LogP contribution >= 0.6 is 23.1 Å². The minimum Gasteiger partial charge on any atom is -0.378 e. The van der Waals surface area contributed by atoms with Crippen molar-refractivity contribution in [1.29, 1.82) is 0 Å². The van der Waals surface area contributed by atoms with Crippen molar-refractivity contribution in [2.24, 2.45) is 0 Å². The zero-order chi connectivity index (χ0) is 13.1. The fraction of sp³-hybridized carbons (Fsp3) is 0.417. The first kappa shape index (κ1) is 12.8. The van der Waals surface area contributed by atoms with E-state index in [1.165, 1.54) is 11.8 Å². The lowest BCUT2D eigenvalue weighted by atomic mass is 10.4. The van der Waals surface area contributed by atoms with Gasteiger partial charge in [0.15, 0.2) is 0 Å². The SMILES string of the molecule is O=C(CSc1ncnc2sccc12)N1CCOCC1. The summed E-state index contributed by atoms with van der Waals surface area (Å²) in [5.74, 6) is 0.567. The number of carbonyl (C=O) groups is 1. The van der Waals surface area contributed by atoms with Crippen molar-refractivity contribution < 1.29 is 9.53 Å². The maximum atomic E-state index is 12.1. The second-order valence-corrected chi connectivity index (χ2v) is 5.96. The highest BCUT2D eigenvalue weighted by molar-refractivity contribution is 8.00. The van der Waals surface area contributed by atoms with Gasteiger partial charge in [0.1, 0.15) is 16.2 Å². The van der Waals surface area contributed by atoms with Crippen molar-refractivity contribution in [3.05, 3.63) is 17.8 Å². The van der Waals surface area contributed by atoms with Crippen molar-refractivity contribution in [3.63, 3.8) is 0 Å². The second-order valence-electron chi connectivity index (χ2n) is 4.10. The van der Waals surface area contributed by atoms with Gasteiger partial charge in [-0.05, 0) is 11.4 Å². The van der Waals surface area contributed by atoms with Crippen LogP contribution in [0.2, 0.25) is 0 Å². The Labute approximate surface area is 119 Å². The Kier molecular flexibility index (Phi) is 3.95. The number of ether oxygens (including phenoxy) is 1. The first-order valence-corrected chi connectivity index (χ1v) is 7.87. The molecule has 0 aliphatic carbocycles. The lowest BCUT2D eigenvalue weighted by molar-refractivity contribution is -0.132. The number of fused-ring (bicyclic) bond motifs is 1. The average Bonchev–Trinajstić information content (AvgIpc) is 2.94. The minimum absolute atomic E-state index is 0.148. The topological polar surface area (TPSA) is 55.3 Å². The molecule has 3 heterocycles. The van der Waals surface area contributed by atoms with E-state index >= 15 is 0 Å². The van der Waals surface area contributed by atoms with Crippen LogP contribution in [0.5, 0.6) is 0 Å². The van der Waals surface area contributed by atoms with E-state index in [0.29, 0.717) is 32.1 Å². The van der Waals surface area contributed by atoms with Gasteiger partial charge in [-0.1, -0.05) is 11.8 Å². The summed E-state index contributed by atoms with van der Waals surface area (Å²) in [6.45, 7) is 2.66. The van der Waals surface area contributed by atoms with Crippen molar-refractivity contribution in [2.75, 3.05) is 32.1 Å². The Morgan fingerprint density at radius 2 is 2.26 bits per heavy atom. The minimum atomic E-state index is 0.148. The first-order chi connectivity index (χ1) is 9.34. The number of carbonyl (C=O) groups excluding carboxylic acids is 1. The molecule has 100 valence electrons. The fourth-order valence-electron chi connectivity index (χ4n) is 1.92. The van der Waals surface area contributed by atoms with Crippen molar-refractivity contribution in [2.45, 2.75) is 5.03 Å². The Balaban J connectivity index is 1.65. The summed E-state index contributed by atoms with van der Waals surface area (Å²) in [7, 11) is 0. The number of thioether (sulfide) groups is 1. The number of hydrogen-bond acceptors (Lipinski definition) is 6. The highest BCUT2D eigenvalue weighted by atomic mass is 32.2. The maximum absolute atomic E-state index is 12.1. The summed E-state index contributed by atoms with van der Waals surface area (Å²) in [4.78, 5) is 23.3.